The first kappa shape index (κ1) is 8.43. The van der Waals surface area contributed by atoms with Crippen LogP contribution in [0.15, 0.2) is 0 Å². The minimum atomic E-state index is -0.407. The minimum Gasteiger partial charge on any atom is -0.273 e. The van der Waals surface area contributed by atoms with Gasteiger partial charge in [0, 0.05) is 6.92 Å². The molecule has 0 unspecified atom stereocenters. The van der Waals surface area contributed by atoms with Gasteiger partial charge in [0.05, 0.1) is 6.61 Å². The predicted octanol–water partition coefficient (Wildman–Crippen LogP) is 0.524. The smallest absolute Gasteiger partial charge is 0.244 e. The van der Waals surface area contributed by atoms with E-state index in [0.29, 0.717) is 12.5 Å². The Morgan fingerprint density at radius 3 is 2.67 bits per heavy atom. The molecule has 3 heteroatoms. The lowest BCUT2D eigenvalue weighted by Crippen LogP contribution is -2.22. The van der Waals surface area contributed by atoms with E-state index in [9.17, 15) is 4.79 Å². The van der Waals surface area contributed by atoms with Crippen LogP contribution in [0.3, 0.4) is 0 Å². The molecule has 0 aliphatic carbocycles. The molecule has 1 radical (unpaired) electrons. The van der Waals surface area contributed by atoms with Gasteiger partial charge in [0.2, 0.25) is 5.91 Å². The first-order chi connectivity index (χ1) is 4.13. The van der Waals surface area contributed by atoms with E-state index in [4.69, 9.17) is 4.84 Å². The zero-order chi connectivity index (χ0) is 7.28. The Bertz CT molecular complexity index is 91.1. The highest BCUT2D eigenvalue weighted by molar-refractivity contribution is 5.78. The van der Waals surface area contributed by atoms with Gasteiger partial charge in [-0.3, -0.25) is 9.63 Å². The van der Waals surface area contributed by atoms with Crippen molar-refractivity contribution in [3.63, 3.8) is 0 Å². The standard InChI is InChI=1S/C6H12NO2/c1-5(2)4-9-7-6(3)8/h5H,3-4H2,1-2H3,(H,7,8). The molecule has 0 fully saturated rings. The topological polar surface area (TPSA) is 38.3 Å². The monoisotopic (exact) mass is 130 g/mol. The zero-order valence-corrected chi connectivity index (χ0v) is 5.81. The maximum Gasteiger partial charge on any atom is 0.244 e. The second kappa shape index (κ2) is 4.32. The summed E-state index contributed by atoms with van der Waals surface area (Å²) in [5.74, 6) is 0.0208. The van der Waals surface area contributed by atoms with Gasteiger partial charge >= 0.3 is 0 Å². The fraction of sp³-hybridized carbons (Fsp3) is 0.667. The van der Waals surface area contributed by atoms with Gasteiger partial charge in [-0.15, -0.1) is 0 Å². The summed E-state index contributed by atoms with van der Waals surface area (Å²) in [4.78, 5) is 14.8. The Kier molecular flexibility index (Phi) is 4.05. The fourth-order valence-corrected chi connectivity index (χ4v) is 0.289. The molecule has 0 aliphatic rings. The van der Waals surface area contributed by atoms with Gasteiger partial charge in [0.25, 0.3) is 0 Å². The molecule has 1 N–H and O–H groups in total. The number of hydrogen-bond donors (Lipinski definition) is 1. The van der Waals surface area contributed by atoms with Crippen LogP contribution >= 0.6 is 0 Å². The van der Waals surface area contributed by atoms with E-state index in [1.54, 1.807) is 0 Å². The van der Waals surface area contributed by atoms with E-state index >= 15 is 0 Å². The first-order valence-corrected chi connectivity index (χ1v) is 2.86. The summed E-state index contributed by atoms with van der Waals surface area (Å²) in [6, 6.07) is 0. The second-order valence-corrected chi connectivity index (χ2v) is 2.23. The van der Waals surface area contributed by atoms with Gasteiger partial charge in [-0.25, -0.2) is 5.48 Å². The second-order valence-electron chi connectivity index (χ2n) is 2.23. The van der Waals surface area contributed by atoms with Gasteiger partial charge in [0.15, 0.2) is 0 Å². The van der Waals surface area contributed by atoms with Crippen molar-refractivity contribution >= 4 is 5.91 Å². The van der Waals surface area contributed by atoms with Crippen molar-refractivity contribution in [2.24, 2.45) is 5.92 Å². The minimum absolute atomic E-state index is 0.407. The van der Waals surface area contributed by atoms with E-state index in [2.05, 4.69) is 12.4 Å². The van der Waals surface area contributed by atoms with Gasteiger partial charge in [-0.1, -0.05) is 13.8 Å². The summed E-state index contributed by atoms with van der Waals surface area (Å²) < 4.78 is 0. The normalized spacial score (nSPS) is 9.78. The van der Waals surface area contributed by atoms with E-state index < -0.39 is 5.91 Å². The van der Waals surface area contributed by atoms with E-state index in [1.165, 1.54) is 0 Å². The average Bonchev–Trinajstić information content (AvgIpc) is 1.63. The average molecular weight is 130 g/mol. The number of hydrogen-bond acceptors (Lipinski definition) is 2. The van der Waals surface area contributed by atoms with Crippen molar-refractivity contribution in [1.29, 1.82) is 0 Å². The van der Waals surface area contributed by atoms with Crippen molar-refractivity contribution in [3.05, 3.63) is 6.92 Å². The van der Waals surface area contributed by atoms with Gasteiger partial charge in [-0.2, -0.15) is 0 Å². The van der Waals surface area contributed by atoms with Crippen LogP contribution in [0.25, 0.3) is 0 Å². The Hall–Kier alpha value is -0.570. The third-order valence-electron chi connectivity index (χ3n) is 0.603. The molecule has 0 spiro atoms. The summed E-state index contributed by atoms with van der Waals surface area (Å²) in [6.45, 7) is 7.58. The highest BCUT2D eigenvalue weighted by Crippen LogP contribution is 1.88. The predicted molar refractivity (Wildman–Crippen MR) is 34.3 cm³/mol. The Balaban J connectivity index is 3.01. The first-order valence-electron chi connectivity index (χ1n) is 2.86. The molecule has 0 aromatic carbocycles. The van der Waals surface area contributed by atoms with Crippen molar-refractivity contribution < 1.29 is 9.63 Å². The largest absolute Gasteiger partial charge is 0.273 e. The number of rotatable bonds is 3. The van der Waals surface area contributed by atoms with Gasteiger partial charge in [0.1, 0.15) is 0 Å². The Morgan fingerprint density at radius 1 is 1.78 bits per heavy atom. The molecule has 0 rings (SSSR count). The summed E-state index contributed by atoms with van der Waals surface area (Å²) >= 11 is 0. The molecule has 0 saturated heterocycles. The summed E-state index contributed by atoms with van der Waals surface area (Å²) in [7, 11) is 0. The lowest BCUT2D eigenvalue weighted by molar-refractivity contribution is -0.129. The molecule has 0 aromatic heterocycles. The van der Waals surface area contributed by atoms with Crippen LogP contribution < -0.4 is 5.48 Å². The highest BCUT2D eigenvalue weighted by Gasteiger charge is 1.93. The van der Waals surface area contributed by atoms with Crippen LogP contribution in [-0.2, 0) is 9.63 Å². The van der Waals surface area contributed by atoms with Crippen LogP contribution in [0.5, 0.6) is 0 Å². The van der Waals surface area contributed by atoms with E-state index in [1.807, 2.05) is 13.8 Å². The quantitative estimate of drug-likeness (QED) is 0.566. The molecule has 0 heterocycles. The van der Waals surface area contributed by atoms with Gasteiger partial charge < -0.3 is 0 Å². The van der Waals surface area contributed by atoms with Crippen molar-refractivity contribution in [2.45, 2.75) is 13.8 Å². The van der Waals surface area contributed by atoms with Crippen LogP contribution in [0, 0.1) is 12.8 Å². The lowest BCUT2D eigenvalue weighted by Gasteiger charge is -2.04. The van der Waals surface area contributed by atoms with Crippen molar-refractivity contribution in [3.8, 4) is 0 Å². The summed E-state index contributed by atoms with van der Waals surface area (Å²) in [5.41, 5.74) is 2.13. The summed E-state index contributed by atoms with van der Waals surface area (Å²) in [6.07, 6.45) is 0. The third kappa shape index (κ3) is 7.43. The van der Waals surface area contributed by atoms with Crippen LogP contribution in [0.4, 0.5) is 0 Å². The Labute approximate surface area is 55.3 Å². The molecule has 0 atom stereocenters. The molecular formula is C6H12NO2. The van der Waals surface area contributed by atoms with Crippen LogP contribution in [0.1, 0.15) is 13.8 Å². The zero-order valence-electron chi connectivity index (χ0n) is 5.81. The maximum absolute atomic E-state index is 10.1. The third-order valence-corrected chi connectivity index (χ3v) is 0.603. The lowest BCUT2D eigenvalue weighted by atomic mass is 10.2. The molecule has 1 amide bonds. The number of nitrogens with one attached hydrogen (secondary N) is 1. The summed E-state index contributed by atoms with van der Waals surface area (Å²) in [5, 5.41) is 0. The molecule has 0 aromatic rings. The molecule has 9 heavy (non-hydrogen) atoms. The number of carbonyl (C=O) groups excluding carboxylic acids is 1. The number of carbonyl (C=O) groups is 1. The molecule has 0 aliphatic heterocycles. The van der Waals surface area contributed by atoms with E-state index in [-0.39, 0.29) is 0 Å². The van der Waals surface area contributed by atoms with Crippen LogP contribution in [-0.4, -0.2) is 12.5 Å². The van der Waals surface area contributed by atoms with E-state index in [0.717, 1.165) is 0 Å². The Morgan fingerprint density at radius 2 is 2.33 bits per heavy atom. The van der Waals surface area contributed by atoms with Crippen molar-refractivity contribution in [2.75, 3.05) is 6.61 Å². The molecular weight excluding hydrogens is 118 g/mol. The molecule has 0 bridgehead atoms. The SMILES string of the molecule is [CH2]C(=O)NOCC(C)C. The number of hydroxylamine groups is 1. The van der Waals surface area contributed by atoms with Crippen molar-refractivity contribution in [1.82, 2.24) is 5.48 Å². The number of amides is 1. The van der Waals surface area contributed by atoms with Crippen LogP contribution in [0.2, 0.25) is 0 Å². The fourth-order valence-electron chi connectivity index (χ4n) is 0.289. The molecule has 3 nitrogen and oxygen atoms in total. The molecule has 0 saturated carbocycles. The molecule has 53 valence electrons. The maximum atomic E-state index is 10.1. The van der Waals surface area contributed by atoms with Gasteiger partial charge in [-0.05, 0) is 5.92 Å². The highest BCUT2D eigenvalue weighted by atomic mass is 16.6.